The molecule has 174 valence electrons. The highest BCUT2D eigenvalue weighted by molar-refractivity contribution is 7.89. The summed E-state index contributed by atoms with van der Waals surface area (Å²) in [6.07, 6.45) is 0. The minimum Gasteiger partial charge on any atom is -0.338 e. The van der Waals surface area contributed by atoms with Crippen molar-refractivity contribution in [2.75, 3.05) is 26.2 Å². The minimum atomic E-state index is -3.62. The third-order valence-electron chi connectivity index (χ3n) is 5.85. The van der Waals surface area contributed by atoms with Crippen molar-refractivity contribution >= 4 is 27.3 Å². The van der Waals surface area contributed by atoms with Gasteiger partial charge in [0.2, 0.25) is 15.9 Å². The van der Waals surface area contributed by atoms with Crippen LogP contribution in [0.4, 0.5) is 0 Å². The van der Waals surface area contributed by atoms with Crippen molar-refractivity contribution in [2.24, 2.45) is 0 Å². The van der Waals surface area contributed by atoms with Gasteiger partial charge < -0.3 is 4.90 Å². The molecule has 0 radical (unpaired) electrons. The van der Waals surface area contributed by atoms with E-state index in [1.54, 1.807) is 40.5 Å². The van der Waals surface area contributed by atoms with Crippen LogP contribution in [-0.4, -0.2) is 59.5 Å². The first-order valence-corrected chi connectivity index (χ1v) is 12.9. The molecule has 1 fully saturated rings. The quantitative estimate of drug-likeness (QED) is 0.552. The second-order valence-corrected chi connectivity index (χ2v) is 11.4. The van der Waals surface area contributed by atoms with Gasteiger partial charge in [-0.1, -0.05) is 6.07 Å². The number of carbonyl (C=O) groups is 1. The first-order chi connectivity index (χ1) is 15.6. The average molecular weight is 487 g/mol. The van der Waals surface area contributed by atoms with Gasteiger partial charge in [-0.05, 0) is 62.2 Å². The van der Waals surface area contributed by atoms with E-state index in [1.807, 2.05) is 32.9 Å². The van der Waals surface area contributed by atoms with Crippen LogP contribution < -0.4 is 5.56 Å². The summed E-state index contributed by atoms with van der Waals surface area (Å²) in [6, 6.07) is 12.1. The molecule has 3 aromatic rings. The van der Waals surface area contributed by atoms with E-state index < -0.39 is 10.0 Å². The monoisotopic (exact) mass is 486 g/mol. The molecule has 10 heteroatoms. The number of hydrogen-bond acceptors (Lipinski definition) is 6. The molecule has 1 saturated heterocycles. The Morgan fingerprint density at radius 2 is 1.70 bits per heavy atom. The molecule has 8 nitrogen and oxygen atoms in total. The maximum atomic E-state index is 13.0. The number of sulfonamides is 1. The first-order valence-electron chi connectivity index (χ1n) is 10.7. The summed E-state index contributed by atoms with van der Waals surface area (Å²) >= 11 is 1.57. The molecular weight excluding hydrogens is 460 g/mol. The van der Waals surface area contributed by atoms with Crippen LogP contribution in [0.2, 0.25) is 0 Å². The average Bonchev–Trinajstić information content (AvgIpc) is 3.23. The van der Waals surface area contributed by atoms with Crippen LogP contribution in [0, 0.1) is 20.8 Å². The number of aromatic nitrogens is 2. The van der Waals surface area contributed by atoms with Crippen molar-refractivity contribution in [3.05, 3.63) is 68.8 Å². The fourth-order valence-corrected chi connectivity index (χ4v) is 6.04. The first kappa shape index (κ1) is 23.3. The van der Waals surface area contributed by atoms with E-state index in [9.17, 15) is 18.0 Å². The summed E-state index contributed by atoms with van der Waals surface area (Å²) in [5.41, 5.74) is 2.25. The summed E-state index contributed by atoms with van der Waals surface area (Å²) in [4.78, 5) is 29.0. The molecule has 0 N–H and O–H groups in total. The predicted octanol–water partition coefficient (Wildman–Crippen LogP) is 2.43. The largest absolute Gasteiger partial charge is 0.338 e. The second kappa shape index (κ2) is 9.20. The van der Waals surface area contributed by atoms with E-state index in [0.717, 1.165) is 20.9 Å². The van der Waals surface area contributed by atoms with Crippen LogP contribution in [0.1, 0.15) is 16.0 Å². The Morgan fingerprint density at radius 1 is 0.970 bits per heavy atom. The fraction of sp³-hybridized carbons (Fsp3) is 0.348. The lowest BCUT2D eigenvalue weighted by Gasteiger charge is -2.34. The van der Waals surface area contributed by atoms with Gasteiger partial charge in [0.1, 0.15) is 12.2 Å². The number of amides is 1. The van der Waals surface area contributed by atoms with Crippen LogP contribution in [0.5, 0.6) is 0 Å². The van der Waals surface area contributed by atoms with Crippen molar-refractivity contribution in [1.29, 1.82) is 0 Å². The van der Waals surface area contributed by atoms with Crippen molar-refractivity contribution in [3.63, 3.8) is 0 Å². The summed E-state index contributed by atoms with van der Waals surface area (Å²) in [6.45, 7) is 6.58. The maximum Gasteiger partial charge on any atom is 0.267 e. The van der Waals surface area contributed by atoms with Crippen LogP contribution in [0.3, 0.4) is 0 Å². The van der Waals surface area contributed by atoms with Gasteiger partial charge in [0.05, 0.1) is 9.77 Å². The molecule has 0 saturated carbocycles. The second-order valence-electron chi connectivity index (χ2n) is 8.16. The number of aryl methyl sites for hydroxylation is 3. The van der Waals surface area contributed by atoms with Gasteiger partial charge >= 0.3 is 0 Å². The molecule has 0 bridgehead atoms. The van der Waals surface area contributed by atoms with Crippen molar-refractivity contribution in [1.82, 2.24) is 19.0 Å². The van der Waals surface area contributed by atoms with Gasteiger partial charge in [-0.2, -0.15) is 9.40 Å². The van der Waals surface area contributed by atoms with E-state index in [1.165, 1.54) is 15.1 Å². The van der Waals surface area contributed by atoms with Crippen molar-refractivity contribution < 1.29 is 13.2 Å². The Morgan fingerprint density at radius 3 is 2.33 bits per heavy atom. The van der Waals surface area contributed by atoms with E-state index in [4.69, 9.17) is 0 Å². The Kier molecular flexibility index (Phi) is 6.51. The smallest absolute Gasteiger partial charge is 0.267 e. The Bertz CT molecular complexity index is 1350. The standard InChI is InChI=1S/C23H26N4O4S2/c1-16-4-6-19(14-17(16)2)33(30,31)26-12-10-25(11-13-26)23(29)15-27-22(28)9-7-20(24-27)21-8-5-18(3)32-21/h4-9,14H,10-13,15H2,1-3H3. The fourth-order valence-electron chi connectivity index (χ4n) is 3.70. The summed E-state index contributed by atoms with van der Waals surface area (Å²) in [5.74, 6) is -0.257. The predicted molar refractivity (Wildman–Crippen MR) is 128 cm³/mol. The van der Waals surface area contributed by atoms with Gasteiger partial charge in [0, 0.05) is 37.1 Å². The third-order valence-corrected chi connectivity index (χ3v) is 8.77. The lowest BCUT2D eigenvalue weighted by molar-refractivity contribution is -0.133. The van der Waals surface area contributed by atoms with Gasteiger partial charge in [0.25, 0.3) is 5.56 Å². The zero-order chi connectivity index (χ0) is 23.8. The molecule has 4 rings (SSSR count). The highest BCUT2D eigenvalue weighted by atomic mass is 32.2. The molecular formula is C23H26N4O4S2. The van der Waals surface area contributed by atoms with Crippen molar-refractivity contribution in [3.8, 4) is 10.6 Å². The molecule has 1 aromatic carbocycles. The number of thiophene rings is 1. The van der Waals surface area contributed by atoms with E-state index >= 15 is 0 Å². The van der Waals surface area contributed by atoms with E-state index in [-0.39, 0.29) is 49.1 Å². The van der Waals surface area contributed by atoms with Gasteiger partial charge in [-0.25, -0.2) is 13.1 Å². The molecule has 2 aromatic heterocycles. The van der Waals surface area contributed by atoms with E-state index in [2.05, 4.69) is 5.10 Å². The maximum absolute atomic E-state index is 13.0. The highest BCUT2D eigenvalue weighted by Gasteiger charge is 2.30. The lowest BCUT2D eigenvalue weighted by atomic mass is 10.1. The topological polar surface area (TPSA) is 92.6 Å². The van der Waals surface area contributed by atoms with Crippen LogP contribution in [0.25, 0.3) is 10.6 Å². The van der Waals surface area contributed by atoms with Gasteiger partial charge in [-0.3, -0.25) is 9.59 Å². The highest BCUT2D eigenvalue weighted by Crippen LogP contribution is 2.25. The Hall–Kier alpha value is -2.82. The molecule has 0 spiro atoms. The molecule has 1 aliphatic rings. The van der Waals surface area contributed by atoms with Crippen LogP contribution >= 0.6 is 11.3 Å². The zero-order valence-corrected chi connectivity index (χ0v) is 20.4. The zero-order valence-electron chi connectivity index (χ0n) is 18.8. The lowest BCUT2D eigenvalue weighted by Crippen LogP contribution is -2.51. The number of benzene rings is 1. The summed E-state index contributed by atoms with van der Waals surface area (Å²) in [7, 11) is -3.62. The molecule has 0 aliphatic carbocycles. The van der Waals surface area contributed by atoms with Gasteiger partial charge in [-0.15, -0.1) is 11.3 Å². The number of nitrogens with zero attached hydrogens (tertiary/aromatic N) is 4. The SMILES string of the molecule is Cc1ccc(-c2ccc(=O)n(CC(=O)N3CCN(S(=O)(=O)c4ccc(C)c(C)c4)CC3)n2)s1. The molecule has 0 unspecified atom stereocenters. The molecule has 3 heterocycles. The molecule has 33 heavy (non-hydrogen) atoms. The number of carbonyl (C=O) groups excluding carboxylic acids is 1. The summed E-state index contributed by atoms with van der Waals surface area (Å²) < 4.78 is 28.6. The normalized spacial score (nSPS) is 15.1. The number of hydrogen-bond donors (Lipinski definition) is 0. The van der Waals surface area contributed by atoms with Crippen LogP contribution in [-0.2, 0) is 21.4 Å². The number of piperazine rings is 1. The third kappa shape index (κ3) is 4.92. The summed E-state index contributed by atoms with van der Waals surface area (Å²) in [5, 5.41) is 4.36. The van der Waals surface area contributed by atoms with Crippen LogP contribution in [0.15, 0.2) is 52.2 Å². The minimum absolute atomic E-state index is 0.180. The van der Waals surface area contributed by atoms with Gasteiger partial charge in [0.15, 0.2) is 0 Å². The Balaban J connectivity index is 1.43. The molecule has 0 atom stereocenters. The Labute approximate surface area is 197 Å². The molecule has 1 amide bonds. The van der Waals surface area contributed by atoms with E-state index in [0.29, 0.717) is 5.69 Å². The number of rotatable bonds is 5. The van der Waals surface area contributed by atoms with Crippen molar-refractivity contribution in [2.45, 2.75) is 32.2 Å². The molecule has 1 aliphatic heterocycles.